The highest BCUT2D eigenvalue weighted by molar-refractivity contribution is 7.86. The molecule has 13 heteroatoms. The number of hydrogen-bond donors (Lipinski definition) is 1. The second-order valence-electron chi connectivity index (χ2n) is 12.4. The van der Waals surface area contributed by atoms with Gasteiger partial charge in [0.1, 0.15) is 42.7 Å². The molecule has 4 heterocycles. The van der Waals surface area contributed by atoms with Crippen LogP contribution in [0.15, 0.2) is 29.2 Å². The van der Waals surface area contributed by atoms with Gasteiger partial charge >= 0.3 is 0 Å². The van der Waals surface area contributed by atoms with Crippen LogP contribution >= 0.6 is 0 Å². The van der Waals surface area contributed by atoms with Crippen LogP contribution in [0.5, 0.6) is 0 Å². The molecule has 12 nitrogen and oxygen atoms in total. The SMILES string of the molecule is Cc1ccc(S(=O)(=O)OC[C@H]2O[C@@H](O[C@@H]([C@@H]3OC(C)(C)O[C@H]3C)[C@H]3COC(C)(C)O3)[C@H](O)[C@H]3OC(C)(C)O[C@H]32)cc1. The van der Waals surface area contributed by atoms with E-state index < -0.39 is 83.1 Å². The molecule has 0 aliphatic carbocycles. The first-order valence-corrected chi connectivity index (χ1v) is 15.3. The van der Waals surface area contributed by atoms with Crippen molar-refractivity contribution in [3.05, 3.63) is 29.8 Å². The lowest BCUT2D eigenvalue weighted by Gasteiger charge is -2.42. The summed E-state index contributed by atoms with van der Waals surface area (Å²) in [4.78, 5) is 0.0169. The molecule has 4 fully saturated rings. The summed E-state index contributed by atoms with van der Waals surface area (Å²) in [7, 11) is -4.10. The van der Waals surface area contributed by atoms with Crippen molar-refractivity contribution >= 4 is 10.1 Å². The molecular weight excluding hydrogens is 560 g/mol. The molecule has 0 bridgehead atoms. The van der Waals surface area contributed by atoms with Gasteiger partial charge in [0.05, 0.1) is 24.2 Å². The zero-order valence-corrected chi connectivity index (χ0v) is 25.6. The molecule has 232 valence electrons. The Labute approximate surface area is 241 Å². The van der Waals surface area contributed by atoms with Gasteiger partial charge in [-0.25, -0.2) is 0 Å². The average Bonchev–Trinajstić information content (AvgIpc) is 3.48. The number of hydrogen-bond acceptors (Lipinski definition) is 12. The van der Waals surface area contributed by atoms with Crippen molar-refractivity contribution in [2.75, 3.05) is 13.2 Å². The van der Waals surface area contributed by atoms with E-state index in [0.717, 1.165) is 5.56 Å². The molecule has 4 aliphatic rings. The zero-order valence-electron chi connectivity index (χ0n) is 24.8. The molecule has 0 aromatic heterocycles. The molecule has 1 N–H and O–H groups in total. The van der Waals surface area contributed by atoms with E-state index in [1.165, 1.54) is 12.1 Å². The van der Waals surface area contributed by atoms with Gasteiger partial charge in [-0.1, -0.05) is 17.7 Å². The number of benzene rings is 1. The number of aliphatic hydroxyl groups excluding tert-OH is 1. The van der Waals surface area contributed by atoms with E-state index in [-0.39, 0.29) is 17.6 Å². The smallest absolute Gasteiger partial charge is 0.297 e. The molecule has 4 saturated heterocycles. The summed E-state index contributed by atoms with van der Waals surface area (Å²) in [6.07, 6.45) is -7.52. The third-order valence-corrected chi connectivity index (χ3v) is 8.81. The van der Waals surface area contributed by atoms with Crippen LogP contribution in [0.25, 0.3) is 0 Å². The quantitative estimate of drug-likeness (QED) is 0.437. The highest BCUT2D eigenvalue weighted by atomic mass is 32.2. The molecule has 1 aromatic carbocycles. The summed E-state index contributed by atoms with van der Waals surface area (Å²) in [6.45, 7) is 14.2. The lowest BCUT2D eigenvalue weighted by atomic mass is 9.98. The fourth-order valence-electron chi connectivity index (χ4n) is 5.74. The maximum atomic E-state index is 12.9. The van der Waals surface area contributed by atoms with Gasteiger partial charge in [0.25, 0.3) is 10.1 Å². The summed E-state index contributed by atoms with van der Waals surface area (Å²) >= 11 is 0. The van der Waals surface area contributed by atoms with E-state index in [0.29, 0.717) is 0 Å². The first-order chi connectivity index (χ1) is 19.0. The molecule has 1 aromatic rings. The van der Waals surface area contributed by atoms with Crippen molar-refractivity contribution in [1.82, 2.24) is 0 Å². The first kappa shape index (κ1) is 31.2. The molecule has 0 spiro atoms. The number of aryl methyl sites for hydroxylation is 1. The van der Waals surface area contributed by atoms with E-state index in [4.69, 9.17) is 42.1 Å². The molecular formula is C28H42O12S. The van der Waals surface area contributed by atoms with Crippen molar-refractivity contribution in [1.29, 1.82) is 0 Å². The van der Waals surface area contributed by atoms with Gasteiger partial charge in [-0.2, -0.15) is 8.42 Å². The maximum Gasteiger partial charge on any atom is 0.297 e. The highest BCUT2D eigenvalue weighted by Crippen LogP contribution is 2.41. The van der Waals surface area contributed by atoms with Crippen LogP contribution in [0.2, 0.25) is 0 Å². The van der Waals surface area contributed by atoms with Crippen LogP contribution < -0.4 is 0 Å². The van der Waals surface area contributed by atoms with Crippen LogP contribution in [0.3, 0.4) is 0 Å². The number of rotatable bonds is 8. The second-order valence-corrected chi connectivity index (χ2v) is 14.0. The van der Waals surface area contributed by atoms with Crippen molar-refractivity contribution < 1.29 is 55.6 Å². The van der Waals surface area contributed by atoms with E-state index in [1.807, 2.05) is 13.8 Å². The minimum Gasteiger partial charge on any atom is -0.385 e. The van der Waals surface area contributed by atoms with Gasteiger partial charge in [0, 0.05) is 0 Å². The Hall–Kier alpha value is -1.23. The molecule has 0 amide bonds. The van der Waals surface area contributed by atoms with Crippen LogP contribution in [0.1, 0.15) is 54.0 Å². The summed E-state index contributed by atoms with van der Waals surface area (Å²) in [5, 5.41) is 11.4. The van der Waals surface area contributed by atoms with E-state index in [9.17, 15) is 13.5 Å². The van der Waals surface area contributed by atoms with Gasteiger partial charge < -0.3 is 43.0 Å². The molecule has 41 heavy (non-hydrogen) atoms. The Morgan fingerprint density at radius 1 is 0.927 bits per heavy atom. The van der Waals surface area contributed by atoms with Gasteiger partial charge in [-0.15, -0.1) is 0 Å². The van der Waals surface area contributed by atoms with Crippen molar-refractivity contribution in [2.45, 2.75) is 133 Å². The molecule has 9 atom stereocenters. The molecule has 5 rings (SSSR count). The largest absolute Gasteiger partial charge is 0.385 e. The summed E-state index contributed by atoms with van der Waals surface area (Å²) in [5.74, 6) is -2.78. The van der Waals surface area contributed by atoms with Crippen LogP contribution in [0.4, 0.5) is 0 Å². The standard InChI is InChI=1S/C28H42O12S/c1-15-9-11-17(12-10-15)41(30,31)33-14-18-23-24(40-28(7,8)39-23)20(29)25(34-18)35-22(19-13-32-26(3,4)37-19)21-16(2)36-27(5,6)38-21/h9-12,16,18-25,29H,13-14H2,1-8H3/t16-,18+,19+,20+,21+,22+,23-,24+,25-/m0/s1. The number of fused-ring (bicyclic) bond motifs is 1. The van der Waals surface area contributed by atoms with E-state index >= 15 is 0 Å². The Bertz CT molecular complexity index is 1180. The monoisotopic (exact) mass is 602 g/mol. The predicted molar refractivity (Wildman–Crippen MR) is 142 cm³/mol. The Kier molecular flexibility index (Phi) is 8.40. The van der Waals surface area contributed by atoms with E-state index in [1.54, 1.807) is 53.7 Å². The Balaban J connectivity index is 1.38. The molecule has 4 aliphatic heterocycles. The summed E-state index contributed by atoms with van der Waals surface area (Å²) in [6, 6.07) is 6.33. The fraction of sp³-hybridized carbons (Fsp3) is 0.786. The lowest BCUT2D eigenvalue weighted by Crippen LogP contribution is -2.60. The zero-order chi connectivity index (χ0) is 30.0. The minimum atomic E-state index is -4.10. The molecule has 0 saturated carbocycles. The third-order valence-electron chi connectivity index (χ3n) is 7.52. The van der Waals surface area contributed by atoms with Crippen molar-refractivity contribution in [3.63, 3.8) is 0 Å². The topological polar surface area (TPSA) is 137 Å². The van der Waals surface area contributed by atoms with Crippen LogP contribution in [-0.2, 0) is 52.2 Å². The highest BCUT2D eigenvalue weighted by Gasteiger charge is 2.58. The van der Waals surface area contributed by atoms with Gasteiger partial charge in [-0.3, -0.25) is 4.18 Å². The Morgan fingerprint density at radius 2 is 1.56 bits per heavy atom. The van der Waals surface area contributed by atoms with Gasteiger partial charge in [0.2, 0.25) is 0 Å². The fourth-order valence-corrected chi connectivity index (χ4v) is 6.66. The minimum absolute atomic E-state index is 0.0169. The lowest BCUT2D eigenvalue weighted by molar-refractivity contribution is -0.313. The maximum absolute atomic E-state index is 12.9. The van der Waals surface area contributed by atoms with Crippen LogP contribution in [0, 0.1) is 6.92 Å². The predicted octanol–water partition coefficient (Wildman–Crippen LogP) is 2.38. The van der Waals surface area contributed by atoms with Crippen molar-refractivity contribution in [3.8, 4) is 0 Å². The van der Waals surface area contributed by atoms with E-state index in [2.05, 4.69) is 0 Å². The number of aliphatic hydroxyl groups is 1. The Morgan fingerprint density at radius 3 is 2.15 bits per heavy atom. The third kappa shape index (κ3) is 6.80. The second kappa shape index (κ2) is 11.0. The molecule has 0 unspecified atom stereocenters. The number of ether oxygens (including phenoxy) is 8. The van der Waals surface area contributed by atoms with Gasteiger partial charge in [-0.05, 0) is 67.5 Å². The first-order valence-electron chi connectivity index (χ1n) is 13.9. The average molecular weight is 603 g/mol. The summed E-state index contributed by atoms with van der Waals surface area (Å²) < 4.78 is 80.1. The molecule has 0 radical (unpaired) electrons. The summed E-state index contributed by atoms with van der Waals surface area (Å²) in [5.41, 5.74) is 0.916. The van der Waals surface area contributed by atoms with Crippen LogP contribution in [-0.4, -0.2) is 99.2 Å². The van der Waals surface area contributed by atoms with Gasteiger partial charge in [0.15, 0.2) is 23.7 Å². The normalized spacial score (nSPS) is 38.6. The van der Waals surface area contributed by atoms with Crippen molar-refractivity contribution in [2.24, 2.45) is 0 Å².